The van der Waals surface area contributed by atoms with Crippen LogP contribution in [0.4, 0.5) is 0 Å². The van der Waals surface area contributed by atoms with Crippen molar-refractivity contribution in [3.8, 4) is 0 Å². The zero-order valence-corrected chi connectivity index (χ0v) is 40.5. The minimum Gasteiger partial charge on any atom is -0.379 e. The Morgan fingerprint density at radius 3 is 2.02 bits per heavy atom. The first-order valence-electron chi connectivity index (χ1n) is 22.3. The van der Waals surface area contributed by atoms with E-state index < -0.39 is 36.3 Å². The Hall–Kier alpha value is -4.41. The van der Waals surface area contributed by atoms with Crippen LogP contribution in [0.25, 0.3) is 0 Å². The van der Waals surface area contributed by atoms with Gasteiger partial charge in [-0.1, -0.05) is 111 Å². The Morgan fingerprint density at radius 2 is 1.55 bits per heavy atom. The smallest absolute Gasteiger partial charge is 0.245 e. The Labute approximate surface area is 376 Å². The molecule has 2 heterocycles. The number of rotatable bonds is 21. The highest BCUT2D eigenvalue weighted by molar-refractivity contribution is 5.90. The molecule has 0 bridgehead atoms. The van der Waals surface area contributed by atoms with Crippen LogP contribution < -0.4 is 16.0 Å². The van der Waals surface area contributed by atoms with Crippen molar-refractivity contribution in [2.45, 2.75) is 144 Å². The van der Waals surface area contributed by atoms with Gasteiger partial charge in [0.1, 0.15) is 11.7 Å². The van der Waals surface area contributed by atoms with Gasteiger partial charge in [-0.2, -0.15) is 15.4 Å². The van der Waals surface area contributed by atoms with Crippen molar-refractivity contribution in [1.82, 2.24) is 46.1 Å². The van der Waals surface area contributed by atoms with Gasteiger partial charge in [-0.25, -0.2) is 0 Å². The summed E-state index contributed by atoms with van der Waals surface area (Å²) in [5.41, 5.74) is 1.88. The average molecular weight is 878 g/mol. The standard InChI is InChI=1S/C36H65N9O7.C7H8.C3H8.3H2/c1-13-23(6)32(44(10)36(50)30(21(2)3)40-35(49)31(22(4)5)43(8)9)27(51-11)17-29(47)45-16-14-15-26(45)33(52-12)24(7)34(48)38-20-28(46)37-18-25-19-39-42-41-25;1-7-5-3-2-4-6-7;1-3-2;;;/h19,21-24,26-27,30-33H,13-18,20H2,1-12H3,(H,37,46)(H,38,48)(H,40,49)(H,39,41,42);2-6H,1H3;3H2,1-2H3;3*1H/t23-,24+,26-,27+,30-,31-,32-,33+;;;;;/m0...../s1. The zero-order valence-electron chi connectivity index (χ0n) is 40.5. The van der Waals surface area contributed by atoms with E-state index >= 15 is 0 Å². The molecule has 0 spiro atoms. The number of carbonyl (C=O) groups is 5. The minimum absolute atomic E-state index is 0. The van der Waals surface area contributed by atoms with E-state index in [9.17, 15) is 24.0 Å². The lowest BCUT2D eigenvalue weighted by Gasteiger charge is -2.41. The van der Waals surface area contributed by atoms with Crippen molar-refractivity contribution >= 4 is 29.5 Å². The SMILES string of the molecule is CCC.CC[C@H](C)[C@@H]([C@@H](CC(=O)N1CCC[C@H]1[C@H](OC)[C@@H](C)C(=O)NCC(=O)NCc1cn[nH]n1)OC)N(C)C(=O)[C@@H](NC(=O)[C@H](C(C)C)N(C)C)C(C)C.Cc1ccccc1.[HH].[HH].[HH]. The Kier molecular flexibility index (Phi) is 26.1. The predicted molar refractivity (Wildman–Crippen MR) is 250 cm³/mol. The van der Waals surface area contributed by atoms with Crippen molar-refractivity contribution in [3.05, 3.63) is 47.8 Å². The number of aromatic amines is 1. The van der Waals surface area contributed by atoms with Crippen molar-refractivity contribution in [2.24, 2.45) is 23.7 Å². The topological polar surface area (TPSA) is 191 Å². The number of nitrogens with one attached hydrogen (secondary N) is 4. The van der Waals surface area contributed by atoms with E-state index in [2.05, 4.69) is 64.3 Å². The average Bonchev–Trinajstić information content (AvgIpc) is 3.94. The number of aromatic nitrogens is 3. The summed E-state index contributed by atoms with van der Waals surface area (Å²) in [5.74, 6) is -2.19. The van der Waals surface area contributed by atoms with Crippen LogP contribution in [-0.2, 0) is 40.0 Å². The Bertz CT molecular complexity index is 1600. The molecular formula is C46H87N9O7. The quantitative estimate of drug-likeness (QED) is 0.128. The maximum Gasteiger partial charge on any atom is 0.245 e. The van der Waals surface area contributed by atoms with Crippen LogP contribution in [0.3, 0.4) is 0 Å². The van der Waals surface area contributed by atoms with Crippen LogP contribution in [0.1, 0.15) is 110 Å². The number of methoxy groups -OCH3 is 2. The molecule has 0 radical (unpaired) electrons. The fourth-order valence-corrected chi connectivity index (χ4v) is 7.84. The summed E-state index contributed by atoms with van der Waals surface area (Å²) in [5, 5.41) is 18.4. The molecule has 1 aliphatic heterocycles. The highest BCUT2D eigenvalue weighted by atomic mass is 16.5. The van der Waals surface area contributed by atoms with Gasteiger partial charge in [0, 0.05) is 32.1 Å². The number of likely N-dealkylation sites (tertiary alicyclic amines) is 1. The molecule has 1 fully saturated rings. The fourth-order valence-electron chi connectivity index (χ4n) is 7.84. The van der Waals surface area contributed by atoms with E-state index in [1.165, 1.54) is 25.3 Å². The number of ether oxygens (including phenoxy) is 2. The van der Waals surface area contributed by atoms with Gasteiger partial charge in [-0.05, 0) is 51.6 Å². The van der Waals surface area contributed by atoms with Crippen LogP contribution in [0.5, 0.6) is 0 Å². The second-order valence-electron chi connectivity index (χ2n) is 17.3. The fraction of sp³-hybridized carbons (Fsp3) is 0.717. The zero-order chi connectivity index (χ0) is 47.1. The lowest BCUT2D eigenvalue weighted by Crippen LogP contribution is -2.59. The maximum absolute atomic E-state index is 14.2. The number of aryl methyl sites for hydroxylation is 1. The second-order valence-corrected chi connectivity index (χ2v) is 17.3. The first-order chi connectivity index (χ1) is 29.3. The molecule has 5 amide bonds. The molecule has 1 aliphatic rings. The number of carbonyl (C=O) groups excluding carboxylic acids is 5. The minimum atomic E-state index is -0.768. The maximum atomic E-state index is 14.2. The second kappa shape index (κ2) is 29.0. The Morgan fingerprint density at radius 1 is 0.919 bits per heavy atom. The number of nitrogens with zero attached hydrogens (tertiary/aromatic N) is 5. The van der Waals surface area contributed by atoms with Gasteiger partial charge in [-0.3, -0.25) is 28.9 Å². The molecule has 1 saturated heterocycles. The lowest BCUT2D eigenvalue weighted by atomic mass is 9.89. The van der Waals surface area contributed by atoms with E-state index in [0.717, 1.165) is 12.8 Å². The molecule has 8 atom stereocenters. The molecule has 0 saturated carbocycles. The summed E-state index contributed by atoms with van der Waals surface area (Å²) in [6.45, 7) is 20.3. The summed E-state index contributed by atoms with van der Waals surface area (Å²) in [4.78, 5) is 72.4. The molecule has 4 N–H and O–H groups in total. The van der Waals surface area contributed by atoms with E-state index in [-0.39, 0.29) is 77.1 Å². The van der Waals surface area contributed by atoms with Crippen LogP contribution in [0.15, 0.2) is 36.5 Å². The summed E-state index contributed by atoms with van der Waals surface area (Å²) in [7, 11) is 8.48. The van der Waals surface area contributed by atoms with Crippen molar-refractivity contribution in [3.63, 3.8) is 0 Å². The van der Waals surface area contributed by atoms with Crippen LogP contribution in [-0.4, -0.2) is 144 Å². The first kappa shape index (κ1) is 55.6. The van der Waals surface area contributed by atoms with Crippen molar-refractivity contribution in [2.75, 3.05) is 48.5 Å². The van der Waals surface area contributed by atoms with Gasteiger partial charge in [0.05, 0.1) is 62.0 Å². The van der Waals surface area contributed by atoms with Crippen LogP contribution in [0.2, 0.25) is 0 Å². The van der Waals surface area contributed by atoms with E-state index in [1.807, 2.05) is 78.7 Å². The van der Waals surface area contributed by atoms with Gasteiger partial charge < -0.3 is 35.2 Å². The molecular weight excluding hydrogens is 791 g/mol. The molecule has 16 heteroatoms. The largest absolute Gasteiger partial charge is 0.379 e. The van der Waals surface area contributed by atoms with Gasteiger partial charge in [0.25, 0.3) is 0 Å². The molecule has 358 valence electrons. The van der Waals surface area contributed by atoms with Crippen LogP contribution >= 0.6 is 0 Å². The summed E-state index contributed by atoms with van der Waals surface area (Å²) in [6.07, 6.45) is 3.61. The molecule has 1 aromatic heterocycles. The van der Waals surface area contributed by atoms with E-state index in [1.54, 1.807) is 30.9 Å². The molecule has 1 aromatic carbocycles. The number of hydrogen-bond donors (Lipinski definition) is 4. The lowest BCUT2D eigenvalue weighted by molar-refractivity contribution is -0.148. The third-order valence-corrected chi connectivity index (χ3v) is 11.2. The highest BCUT2D eigenvalue weighted by Crippen LogP contribution is 2.29. The monoisotopic (exact) mass is 878 g/mol. The molecule has 0 aliphatic carbocycles. The number of likely N-dealkylation sites (N-methyl/N-ethyl adjacent to an activating group) is 2. The van der Waals surface area contributed by atoms with E-state index in [0.29, 0.717) is 18.7 Å². The Balaban J connectivity index is -0.00000262. The van der Waals surface area contributed by atoms with Crippen molar-refractivity contribution < 1.29 is 37.7 Å². The number of benzene rings is 1. The van der Waals surface area contributed by atoms with Gasteiger partial charge in [0.15, 0.2) is 0 Å². The van der Waals surface area contributed by atoms with Gasteiger partial charge >= 0.3 is 0 Å². The van der Waals surface area contributed by atoms with E-state index in [4.69, 9.17) is 9.47 Å². The number of H-pyrrole nitrogens is 1. The highest BCUT2D eigenvalue weighted by Gasteiger charge is 2.43. The molecule has 0 unspecified atom stereocenters. The third kappa shape index (κ3) is 17.8. The molecule has 2 aromatic rings. The molecule has 3 rings (SSSR count). The first-order valence-corrected chi connectivity index (χ1v) is 22.3. The number of hydrogen-bond acceptors (Lipinski definition) is 10. The van der Waals surface area contributed by atoms with Gasteiger partial charge in [-0.15, -0.1) is 0 Å². The normalized spacial score (nSPS) is 17.0. The van der Waals surface area contributed by atoms with Crippen molar-refractivity contribution in [1.29, 1.82) is 0 Å². The van der Waals surface area contributed by atoms with Crippen LogP contribution in [0, 0.1) is 30.6 Å². The van der Waals surface area contributed by atoms with Gasteiger partial charge in [0.2, 0.25) is 29.5 Å². The summed E-state index contributed by atoms with van der Waals surface area (Å²) >= 11 is 0. The predicted octanol–water partition coefficient (Wildman–Crippen LogP) is 5.33. The molecule has 16 nitrogen and oxygen atoms in total. The number of amides is 5. The summed E-state index contributed by atoms with van der Waals surface area (Å²) in [6, 6.07) is 8.26. The molecule has 62 heavy (non-hydrogen) atoms. The third-order valence-electron chi connectivity index (χ3n) is 11.2. The summed E-state index contributed by atoms with van der Waals surface area (Å²) < 4.78 is 11.8.